The third-order valence-corrected chi connectivity index (χ3v) is 5.06. The maximum atomic E-state index is 12.2. The number of para-hydroxylation sites is 1. The number of nitrogens with one attached hydrogen (secondary N) is 2. The molecule has 3 rings (SSSR count). The lowest BCUT2D eigenvalue weighted by Crippen LogP contribution is -2.44. The topological polar surface area (TPSA) is 63.1 Å². The van der Waals surface area contributed by atoms with Crippen LogP contribution < -0.4 is 10.9 Å². The average Bonchev–Trinajstić information content (AvgIpc) is 2.95. The van der Waals surface area contributed by atoms with Gasteiger partial charge in [0.25, 0.3) is 5.91 Å². The lowest BCUT2D eigenvalue weighted by molar-refractivity contribution is -0.128. The highest BCUT2D eigenvalue weighted by Crippen LogP contribution is 2.19. The molecule has 2 amide bonds. The van der Waals surface area contributed by atoms with Crippen LogP contribution in [0.2, 0.25) is 0 Å². The molecule has 3 aromatic rings. The largest absolute Gasteiger partial charge is 0.335 e. The maximum absolute atomic E-state index is 12.2. The first kappa shape index (κ1) is 18.1. The number of hydrogen-bond donors (Lipinski definition) is 2. The minimum absolute atomic E-state index is 0.157. The molecule has 2 aromatic carbocycles. The molecule has 134 valence electrons. The molecule has 0 aliphatic heterocycles. The zero-order chi connectivity index (χ0) is 18.5. The number of hydrazine groups is 1. The van der Waals surface area contributed by atoms with E-state index in [4.69, 9.17) is 0 Å². The zero-order valence-corrected chi connectivity index (χ0v) is 15.6. The Labute approximate surface area is 156 Å². The van der Waals surface area contributed by atoms with E-state index in [9.17, 15) is 9.59 Å². The van der Waals surface area contributed by atoms with Gasteiger partial charge in [0.2, 0.25) is 5.91 Å². The number of carbonyl (C=O) groups is 2. The van der Waals surface area contributed by atoms with Crippen LogP contribution >= 0.6 is 11.8 Å². The van der Waals surface area contributed by atoms with E-state index >= 15 is 0 Å². The summed E-state index contributed by atoms with van der Waals surface area (Å²) in [6, 6.07) is 17.9. The molecule has 1 heterocycles. The highest BCUT2D eigenvalue weighted by atomic mass is 32.2. The van der Waals surface area contributed by atoms with Gasteiger partial charge in [-0.15, -0.1) is 11.8 Å². The predicted molar refractivity (Wildman–Crippen MR) is 105 cm³/mol. The van der Waals surface area contributed by atoms with E-state index in [-0.39, 0.29) is 24.1 Å². The lowest BCUT2D eigenvalue weighted by Gasteiger charge is -2.10. The molecule has 2 N–H and O–H groups in total. The van der Waals surface area contributed by atoms with Crippen LogP contribution in [0.5, 0.6) is 0 Å². The van der Waals surface area contributed by atoms with Crippen molar-refractivity contribution in [2.24, 2.45) is 0 Å². The van der Waals surface area contributed by atoms with E-state index in [0.29, 0.717) is 0 Å². The number of aromatic nitrogens is 1. The van der Waals surface area contributed by atoms with Crippen molar-refractivity contribution in [3.8, 4) is 0 Å². The summed E-state index contributed by atoms with van der Waals surface area (Å²) in [5, 5.41) is 1.09. The van der Waals surface area contributed by atoms with E-state index in [2.05, 4.69) is 10.9 Å². The summed E-state index contributed by atoms with van der Waals surface area (Å²) in [6.45, 7) is 4.14. The van der Waals surface area contributed by atoms with Gasteiger partial charge in [-0.1, -0.05) is 35.9 Å². The molecule has 0 spiro atoms. The van der Waals surface area contributed by atoms with Gasteiger partial charge in [0.05, 0.1) is 5.75 Å². The Hall–Kier alpha value is -2.73. The second kappa shape index (κ2) is 8.10. The summed E-state index contributed by atoms with van der Waals surface area (Å²) >= 11 is 1.43. The number of nitrogens with zero attached hydrogens (tertiary/aromatic N) is 1. The number of carbonyl (C=O) groups excluding carboxylic acids is 2. The van der Waals surface area contributed by atoms with Crippen molar-refractivity contribution in [3.63, 3.8) is 0 Å². The van der Waals surface area contributed by atoms with Crippen LogP contribution in [0, 0.1) is 13.8 Å². The minimum atomic E-state index is -0.261. The normalized spacial score (nSPS) is 10.7. The molecule has 26 heavy (non-hydrogen) atoms. The van der Waals surface area contributed by atoms with Gasteiger partial charge in [-0.25, -0.2) is 0 Å². The monoisotopic (exact) mass is 367 g/mol. The van der Waals surface area contributed by atoms with Crippen molar-refractivity contribution < 1.29 is 9.59 Å². The Morgan fingerprint density at radius 1 is 0.962 bits per heavy atom. The second-order valence-corrected chi connectivity index (χ2v) is 7.18. The summed E-state index contributed by atoms with van der Waals surface area (Å²) in [7, 11) is 0. The molecule has 0 atom stereocenters. The van der Waals surface area contributed by atoms with E-state index in [1.54, 1.807) is 0 Å². The first-order valence-electron chi connectivity index (χ1n) is 8.35. The maximum Gasteiger partial charge on any atom is 0.258 e. The van der Waals surface area contributed by atoms with Crippen LogP contribution in [0.4, 0.5) is 0 Å². The van der Waals surface area contributed by atoms with E-state index in [0.717, 1.165) is 21.5 Å². The van der Waals surface area contributed by atoms with Gasteiger partial charge < -0.3 is 4.57 Å². The average molecular weight is 367 g/mol. The molecule has 0 radical (unpaired) electrons. The molecule has 0 fully saturated rings. The number of rotatable bonds is 5. The SMILES string of the molecule is Cc1ccc(SCC(=O)NNC(=O)Cn2c(C)cc3ccccc32)cc1. The molecule has 5 nitrogen and oxygen atoms in total. The fourth-order valence-corrected chi connectivity index (χ4v) is 3.40. The van der Waals surface area contributed by atoms with Crippen molar-refractivity contribution in [1.29, 1.82) is 0 Å². The van der Waals surface area contributed by atoms with Gasteiger partial charge in [0.1, 0.15) is 6.54 Å². The first-order valence-corrected chi connectivity index (χ1v) is 9.33. The van der Waals surface area contributed by atoms with Crippen LogP contribution in [0.1, 0.15) is 11.3 Å². The smallest absolute Gasteiger partial charge is 0.258 e. The number of aryl methyl sites for hydroxylation is 2. The molecule has 0 saturated heterocycles. The van der Waals surface area contributed by atoms with Gasteiger partial charge in [-0.3, -0.25) is 20.4 Å². The molecule has 0 aliphatic rings. The van der Waals surface area contributed by atoms with Crippen molar-refractivity contribution >= 4 is 34.5 Å². The lowest BCUT2D eigenvalue weighted by atomic mass is 10.2. The van der Waals surface area contributed by atoms with Crippen molar-refractivity contribution in [2.45, 2.75) is 25.3 Å². The van der Waals surface area contributed by atoms with Gasteiger partial charge >= 0.3 is 0 Å². The molecule has 0 saturated carbocycles. The fraction of sp³-hybridized carbons (Fsp3) is 0.200. The summed E-state index contributed by atoms with van der Waals surface area (Å²) in [6.07, 6.45) is 0. The number of hydrogen-bond acceptors (Lipinski definition) is 3. The fourth-order valence-electron chi connectivity index (χ4n) is 2.70. The Morgan fingerprint density at radius 2 is 1.65 bits per heavy atom. The number of thioether (sulfide) groups is 1. The summed E-state index contributed by atoms with van der Waals surface area (Å²) in [5.74, 6) is -0.254. The predicted octanol–water partition coefficient (Wildman–Crippen LogP) is 3.20. The van der Waals surface area contributed by atoms with Crippen LogP contribution in [0.15, 0.2) is 59.5 Å². The first-order chi connectivity index (χ1) is 12.5. The van der Waals surface area contributed by atoms with Gasteiger partial charge in [-0.05, 0) is 43.5 Å². The third-order valence-electron chi connectivity index (χ3n) is 4.05. The summed E-state index contributed by atoms with van der Waals surface area (Å²) in [5.41, 5.74) is 8.14. The Bertz CT molecular complexity index is 932. The highest BCUT2D eigenvalue weighted by Gasteiger charge is 2.10. The van der Waals surface area contributed by atoms with Crippen LogP contribution in [-0.2, 0) is 16.1 Å². The third kappa shape index (κ3) is 4.46. The van der Waals surface area contributed by atoms with E-state index in [1.165, 1.54) is 17.3 Å². The summed E-state index contributed by atoms with van der Waals surface area (Å²) < 4.78 is 1.93. The second-order valence-electron chi connectivity index (χ2n) is 6.13. The molecule has 0 aliphatic carbocycles. The Morgan fingerprint density at radius 3 is 2.42 bits per heavy atom. The summed E-state index contributed by atoms with van der Waals surface area (Å²) in [4.78, 5) is 25.1. The molecule has 1 aromatic heterocycles. The van der Waals surface area contributed by atoms with E-state index < -0.39 is 0 Å². The number of amides is 2. The van der Waals surface area contributed by atoms with E-state index in [1.807, 2.05) is 73.0 Å². The number of fused-ring (bicyclic) bond motifs is 1. The zero-order valence-electron chi connectivity index (χ0n) is 14.8. The van der Waals surface area contributed by atoms with Gasteiger partial charge in [0, 0.05) is 16.1 Å². The Balaban J connectivity index is 1.49. The molecule has 6 heteroatoms. The van der Waals surface area contributed by atoms with Crippen LogP contribution in [0.25, 0.3) is 10.9 Å². The number of benzene rings is 2. The van der Waals surface area contributed by atoms with Crippen molar-refractivity contribution in [2.75, 3.05) is 5.75 Å². The van der Waals surface area contributed by atoms with Crippen molar-refractivity contribution in [1.82, 2.24) is 15.4 Å². The highest BCUT2D eigenvalue weighted by molar-refractivity contribution is 8.00. The standard InChI is InChI=1S/C20H21N3O2S/c1-14-7-9-17(10-8-14)26-13-20(25)22-21-19(24)12-23-15(2)11-16-5-3-4-6-18(16)23/h3-11H,12-13H2,1-2H3,(H,21,24)(H,22,25). The van der Waals surface area contributed by atoms with Gasteiger partial charge in [0.15, 0.2) is 0 Å². The van der Waals surface area contributed by atoms with Gasteiger partial charge in [-0.2, -0.15) is 0 Å². The minimum Gasteiger partial charge on any atom is -0.335 e. The Kier molecular flexibility index (Phi) is 5.63. The molecule has 0 unspecified atom stereocenters. The van der Waals surface area contributed by atoms with Crippen LogP contribution in [-0.4, -0.2) is 22.1 Å². The van der Waals surface area contributed by atoms with Crippen LogP contribution in [0.3, 0.4) is 0 Å². The quantitative estimate of drug-likeness (QED) is 0.538. The molecular formula is C20H21N3O2S. The molecule has 0 bridgehead atoms. The van der Waals surface area contributed by atoms with Crippen molar-refractivity contribution in [3.05, 3.63) is 65.9 Å². The molecular weight excluding hydrogens is 346 g/mol.